The summed E-state index contributed by atoms with van der Waals surface area (Å²) in [5, 5.41) is 5.76. The van der Waals surface area contributed by atoms with Crippen LogP contribution in [0.25, 0.3) is 11.1 Å². The van der Waals surface area contributed by atoms with Crippen molar-refractivity contribution >= 4 is 17.4 Å². The summed E-state index contributed by atoms with van der Waals surface area (Å²) in [6.07, 6.45) is 4.14. The van der Waals surface area contributed by atoms with Gasteiger partial charge in [0.05, 0.1) is 6.54 Å². The molecule has 2 aliphatic heterocycles. The number of H-pyrrole nitrogens is 1. The number of benzene rings is 2. The average Bonchev–Trinajstić information content (AvgIpc) is 3.75. The molecule has 9 nitrogen and oxygen atoms in total. The summed E-state index contributed by atoms with van der Waals surface area (Å²) in [6.45, 7) is 3.48. The van der Waals surface area contributed by atoms with Crippen LogP contribution >= 0.6 is 0 Å². The third-order valence-corrected chi connectivity index (χ3v) is 6.41. The average molecular weight is 532 g/mol. The largest absolute Gasteiger partial charge is 0.480 e. The summed E-state index contributed by atoms with van der Waals surface area (Å²) in [6, 6.07) is 10.9. The molecule has 4 heterocycles. The van der Waals surface area contributed by atoms with E-state index in [-0.39, 0.29) is 28.7 Å². The lowest BCUT2D eigenvalue weighted by Crippen LogP contribution is -2.36. The number of anilines is 2. The molecular formula is C28H23F2N5O4. The van der Waals surface area contributed by atoms with E-state index >= 15 is 4.39 Å². The number of amides is 1. The number of aromatic amines is 1. The molecule has 3 N–H and O–H groups in total. The molecule has 4 aromatic rings. The van der Waals surface area contributed by atoms with Crippen LogP contribution in [0.5, 0.6) is 17.2 Å². The van der Waals surface area contributed by atoms with Crippen molar-refractivity contribution < 1.29 is 23.0 Å². The van der Waals surface area contributed by atoms with E-state index in [1.807, 2.05) is 0 Å². The van der Waals surface area contributed by atoms with Gasteiger partial charge in [-0.25, -0.2) is 13.8 Å². The number of fused-ring (bicyclic) bond motifs is 1. The number of ether oxygens (including phenoxy) is 2. The van der Waals surface area contributed by atoms with Crippen LogP contribution in [0.4, 0.5) is 20.3 Å². The van der Waals surface area contributed by atoms with Gasteiger partial charge in [-0.3, -0.25) is 14.5 Å². The number of rotatable bonds is 7. The maximum absolute atomic E-state index is 15.0. The van der Waals surface area contributed by atoms with Gasteiger partial charge in [-0.2, -0.15) is 0 Å². The van der Waals surface area contributed by atoms with Crippen molar-refractivity contribution in [3.63, 3.8) is 0 Å². The molecular weight excluding hydrogens is 508 g/mol. The van der Waals surface area contributed by atoms with E-state index in [0.717, 1.165) is 25.7 Å². The lowest BCUT2D eigenvalue weighted by atomic mass is 10.0. The molecule has 1 fully saturated rings. The molecule has 6 rings (SSSR count). The van der Waals surface area contributed by atoms with Gasteiger partial charge in [-0.15, -0.1) is 0 Å². The van der Waals surface area contributed by atoms with Crippen molar-refractivity contribution in [2.45, 2.75) is 6.10 Å². The molecule has 198 valence electrons. The smallest absolute Gasteiger partial charge is 0.261 e. The van der Waals surface area contributed by atoms with E-state index in [1.165, 1.54) is 48.8 Å². The molecule has 0 bridgehead atoms. The van der Waals surface area contributed by atoms with Gasteiger partial charge in [0.1, 0.15) is 17.5 Å². The van der Waals surface area contributed by atoms with Crippen LogP contribution in [0.2, 0.25) is 0 Å². The van der Waals surface area contributed by atoms with Crippen LogP contribution in [0.15, 0.2) is 71.9 Å². The van der Waals surface area contributed by atoms with Gasteiger partial charge in [-0.1, -0.05) is 12.1 Å². The van der Waals surface area contributed by atoms with Crippen LogP contribution in [-0.2, 0) is 0 Å². The minimum Gasteiger partial charge on any atom is -0.480 e. The van der Waals surface area contributed by atoms with Crippen molar-refractivity contribution in [3.05, 3.63) is 94.5 Å². The minimum absolute atomic E-state index is 0.0748. The van der Waals surface area contributed by atoms with Gasteiger partial charge in [0, 0.05) is 61.6 Å². The zero-order chi connectivity index (χ0) is 26.9. The van der Waals surface area contributed by atoms with Gasteiger partial charge in [0.2, 0.25) is 11.2 Å². The molecule has 2 aliphatic rings. The second-order valence-electron chi connectivity index (χ2n) is 9.23. The number of pyridine rings is 2. The first-order chi connectivity index (χ1) is 18.9. The van der Waals surface area contributed by atoms with E-state index in [2.05, 4.69) is 25.5 Å². The van der Waals surface area contributed by atoms with Crippen LogP contribution in [0, 0.1) is 11.6 Å². The fourth-order valence-corrected chi connectivity index (χ4v) is 4.29. The highest BCUT2D eigenvalue weighted by Crippen LogP contribution is 2.40. The minimum atomic E-state index is -0.728. The monoisotopic (exact) mass is 531 g/mol. The van der Waals surface area contributed by atoms with Crippen LogP contribution in [-0.4, -0.2) is 53.1 Å². The highest BCUT2D eigenvalue weighted by Gasteiger charge is 2.29. The summed E-state index contributed by atoms with van der Waals surface area (Å²) >= 11 is 0. The molecule has 11 heteroatoms. The Morgan fingerprint density at radius 2 is 1.92 bits per heavy atom. The summed E-state index contributed by atoms with van der Waals surface area (Å²) in [5.74, 6) is -0.732. The van der Waals surface area contributed by atoms with E-state index in [4.69, 9.17) is 9.47 Å². The van der Waals surface area contributed by atoms with Crippen molar-refractivity contribution in [2.75, 3.05) is 36.8 Å². The molecule has 1 saturated heterocycles. The number of halogens is 2. The Kier molecular flexibility index (Phi) is 6.41. The Bertz CT molecular complexity index is 1600. The topological polar surface area (TPSA) is 108 Å². The molecule has 0 spiro atoms. The van der Waals surface area contributed by atoms with Crippen molar-refractivity contribution in [2.24, 2.45) is 0 Å². The summed E-state index contributed by atoms with van der Waals surface area (Å²) in [4.78, 5) is 35.1. The summed E-state index contributed by atoms with van der Waals surface area (Å²) in [5.41, 5.74) is 0.0544. The first kappa shape index (κ1) is 24.6. The Hall–Kier alpha value is -4.77. The summed E-state index contributed by atoms with van der Waals surface area (Å²) < 4.78 is 40.2. The highest BCUT2D eigenvalue weighted by atomic mass is 19.1. The van der Waals surface area contributed by atoms with Crippen molar-refractivity contribution in [1.29, 1.82) is 0 Å². The van der Waals surface area contributed by atoms with E-state index < -0.39 is 23.0 Å². The molecule has 0 radical (unpaired) electrons. The van der Waals surface area contributed by atoms with E-state index in [9.17, 15) is 14.0 Å². The number of aromatic nitrogens is 2. The Morgan fingerprint density at radius 1 is 1.10 bits per heavy atom. The van der Waals surface area contributed by atoms with Gasteiger partial charge >= 0.3 is 0 Å². The quantitative estimate of drug-likeness (QED) is 0.306. The normalized spacial score (nSPS) is 16.0. The molecule has 1 amide bonds. The molecule has 1 unspecified atom stereocenters. The standard InChI is InChI=1S/C28H23F2N5O4/c29-17-3-1-16(2-4-17)20-13-31-14-21(25(20)36)28(37)34-18-5-6-23(22(30)11-18)39-24-7-8-32-27-26(24)38-19(12-33-27)15-35-9-10-35/h1-8,11,13-14,19H,9-10,12,15H2,(H,31,36)(H,32,33)(H,34,37). The number of hydrogen-bond donors (Lipinski definition) is 3. The zero-order valence-electron chi connectivity index (χ0n) is 20.5. The molecule has 0 saturated carbocycles. The Labute approximate surface area is 221 Å². The Morgan fingerprint density at radius 3 is 2.69 bits per heavy atom. The Balaban J connectivity index is 1.18. The fourth-order valence-electron chi connectivity index (χ4n) is 4.29. The van der Waals surface area contributed by atoms with Gasteiger partial charge in [-0.05, 0) is 29.8 Å². The summed E-state index contributed by atoms with van der Waals surface area (Å²) in [7, 11) is 0. The molecule has 2 aromatic carbocycles. The predicted molar refractivity (Wildman–Crippen MR) is 140 cm³/mol. The van der Waals surface area contributed by atoms with Gasteiger partial charge in [0.15, 0.2) is 23.1 Å². The van der Waals surface area contributed by atoms with Crippen molar-refractivity contribution in [1.82, 2.24) is 14.9 Å². The van der Waals surface area contributed by atoms with Crippen LogP contribution < -0.4 is 25.5 Å². The SMILES string of the molecule is O=C(Nc1ccc(Oc2ccnc3c2OC(CN2CC2)CN3)c(F)c1)c1c[nH]cc(-c2ccc(F)cc2)c1=O. The highest BCUT2D eigenvalue weighted by molar-refractivity contribution is 6.04. The van der Waals surface area contributed by atoms with Crippen LogP contribution in [0.1, 0.15) is 10.4 Å². The number of carbonyl (C=O) groups is 1. The molecule has 2 aromatic heterocycles. The van der Waals surface area contributed by atoms with E-state index in [1.54, 1.807) is 12.3 Å². The lowest BCUT2D eigenvalue weighted by molar-refractivity contribution is 0.102. The fraction of sp³-hybridized carbons (Fsp3) is 0.179. The van der Waals surface area contributed by atoms with Crippen LogP contribution in [0.3, 0.4) is 0 Å². The predicted octanol–water partition coefficient (Wildman–Crippen LogP) is 4.25. The maximum atomic E-state index is 15.0. The van der Waals surface area contributed by atoms with E-state index in [0.29, 0.717) is 29.4 Å². The second kappa shape index (κ2) is 10.2. The third kappa shape index (κ3) is 5.30. The number of carbonyl (C=O) groups excluding carboxylic acids is 1. The molecule has 39 heavy (non-hydrogen) atoms. The first-order valence-corrected chi connectivity index (χ1v) is 12.3. The number of hydrogen-bond acceptors (Lipinski definition) is 7. The molecule has 1 atom stereocenters. The van der Waals surface area contributed by atoms with Gasteiger partial charge in [0.25, 0.3) is 5.91 Å². The number of nitrogens with one attached hydrogen (secondary N) is 3. The number of nitrogens with zero attached hydrogens (tertiary/aromatic N) is 2. The van der Waals surface area contributed by atoms with Gasteiger partial charge < -0.3 is 25.1 Å². The zero-order valence-corrected chi connectivity index (χ0v) is 20.5. The molecule has 0 aliphatic carbocycles. The second-order valence-corrected chi connectivity index (χ2v) is 9.23. The maximum Gasteiger partial charge on any atom is 0.261 e. The lowest BCUT2D eigenvalue weighted by Gasteiger charge is -2.28. The van der Waals surface area contributed by atoms with Crippen molar-refractivity contribution in [3.8, 4) is 28.4 Å². The third-order valence-electron chi connectivity index (χ3n) is 6.41. The first-order valence-electron chi connectivity index (χ1n) is 12.3.